The Morgan fingerprint density at radius 3 is 2.53 bits per heavy atom. The highest BCUT2D eigenvalue weighted by Gasteiger charge is 2.43. The standard InChI is InChI=1S/C18H26N2O3.C2HF3O2/c1-12-2-5-15(23-12)11-20-6-7-22-17-9-14(8-16(17)20)18(21)19-10-13-3-4-13;3-2(4,5)1(6)7/h2,5,13-14,16-17H,3-4,6-11H2,1H3,(H,19,21);(H,6,7)/t14-,16+,17+;/m0./s1. The number of hydrogen-bond acceptors (Lipinski definition) is 5. The largest absolute Gasteiger partial charge is 0.490 e. The zero-order valence-corrected chi connectivity index (χ0v) is 16.8. The number of furan rings is 1. The summed E-state index contributed by atoms with van der Waals surface area (Å²) in [4.78, 5) is 23.7. The van der Waals surface area contributed by atoms with Crippen LogP contribution in [0.5, 0.6) is 0 Å². The molecule has 168 valence electrons. The molecule has 1 aromatic rings. The van der Waals surface area contributed by atoms with Crippen molar-refractivity contribution in [2.24, 2.45) is 11.8 Å². The number of rotatable bonds is 5. The molecule has 3 aliphatic rings. The minimum atomic E-state index is -5.08. The molecule has 2 N–H and O–H groups in total. The zero-order chi connectivity index (χ0) is 21.9. The molecule has 2 saturated carbocycles. The Morgan fingerprint density at radius 1 is 1.27 bits per heavy atom. The number of halogens is 3. The van der Waals surface area contributed by atoms with Crippen molar-refractivity contribution in [3.05, 3.63) is 23.7 Å². The fourth-order valence-corrected chi connectivity index (χ4v) is 3.92. The highest BCUT2D eigenvalue weighted by Crippen LogP contribution is 2.35. The number of nitrogens with one attached hydrogen (secondary N) is 1. The average Bonchev–Trinajstić information content (AvgIpc) is 3.25. The van der Waals surface area contributed by atoms with Gasteiger partial charge in [-0.1, -0.05) is 0 Å². The third-order valence-electron chi connectivity index (χ3n) is 5.68. The minimum absolute atomic E-state index is 0.0997. The van der Waals surface area contributed by atoms with Crippen molar-refractivity contribution < 1.29 is 37.0 Å². The molecule has 3 fully saturated rings. The number of hydrogen-bond donors (Lipinski definition) is 2. The van der Waals surface area contributed by atoms with Crippen LogP contribution in [0.3, 0.4) is 0 Å². The van der Waals surface area contributed by atoms with Gasteiger partial charge in [-0.25, -0.2) is 4.79 Å². The quantitative estimate of drug-likeness (QED) is 0.744. The number of nitrogens with zero attached hydrogens (tertiary/aromatic N) is 1. The molecule has 0 aromatic carbocycles. The van der Waals surface area contributed by atoms with E-state index in [2.05, 4.69) is 16.3 Å². The molecule has 1 amide bonds. The zero-order valence-electron chi connectivity index (χ0n) is 16.8. The number of carbonyl (C=O) groups excluding carboxylic acids is 1. The molecular formula is C20H27F3N2O5. The summed E-state index contributed by atoms with van der Waals surface area (Å²) in [5, 5.41) is 10.3. The van der Waals surface area contributed by atoms with E-state index in [0.717, 1.165) is 56.5 Å². The monoisotopic (exact) mass is 432 g/mol. The van der Waals surface area contributed by atoms with E-state index < -0.39 is 12.1 Å². The van der Waals surface area contributed by atoms with Gasteiger partial charge in [0, 0.05) is 25.0 Å². The van der Waals surface area contributed by atoms with Crippen molar-refractivity contribution >= 4 is 11.9 Å². The number of ether oxygens (including phenoxy) is 1. The van der Waals surface area contributed by atoms with Crippen LogP contribution in [0.2, 0.25) is 0 Å². The first kappa shape index (κ1) is 22.6. The summed E-state index contributed by atoms with van der Waals surface area (Å²) in [5.74, 6) is 0.259. The predicted molar refractivity (Wildman–Crippen MR) is 99.5 cm³/mol. The van der Waals surface area contributed by atoms with E-state index in [1.807, 2.05) is 13.0 Å². The lowest BCUT2D eigenvalue weighted by Gasteiger charge is -2.37. The maximum Gasteiger partial charge on any atom is 0.490 e. The molecule has 0 unspecified atom stereocenters. The molecule has 0 radical (unpaired) electrons. The van der Waals surface area contributed by atoms with E-state index in [-0.39, 0.29) is 17.9 Å². The Labute approximate surface area is 172 Å². The second-order valence-corrected chi connectivity index (χ2v) is 8.12. The second kappa shape index (κ2) is 9.38. The van der Waals surface area contributed by atoms with Crippen LogP contribution in [0.15, 0.2) is 16.5 Å². The second-order valence-electron chi connectivity index (χ2n) is 8.12. The van der Waals surface area contributed by atoms with Crippen LogP contribution in [0.4, 0.5) is 13.2 Å². The average molecular weight is 432 g/mol. The molecule has 7 nitrogen and oxygen atoms in total. The molecule has 4 rings (SSSR count). The Morgan fingerprint density at radius 2 is 1.97 bits per heavy atom. The predicted octanol–water partition coefficient (Wildman–Crippen LogP) is 2.73. The number of amides is 1. The van der Waals surface area contributed by atoms with Crippen molar-refractivity contribution in [3.63, 3.8) is 0 Å². The van der Waals surface area contributed by atoms with Crippen molar-refractivity contribution in [2.45, 2.75) is 57.5 Å². The van der Waals surface area contributed by atoms with Gasteiger partial charge in [0.1, 0.15) is 11.5 Å². The SMILES string of the molecule is Cc1ccc(CN2CCO[C@@H]3C[C@@H](C(=O)NCC4CC4)C[C@H]32)o1.O=C(O)C(F)(F)F. The van der Waals surface area contributed by atoms with Gasteiger partial charge < -0.3 is 19.6 Å². The Balaban J connectivity index is 0.000000318. The Hall–Kier alpha value is -2.07. The molecule has 10 heteroatoms. The molecule has 30 heavy (non-hydrogen) atoms. The molecule has 0 bridgehead atoms. The lowest BCUT2D eigenvalue weighted by atomic mass is 10.1. The van der Waals surface area contributed by atoms with E-state index in [4.69, 9.17) is 19.1 Å². The highest BCUT2D eigenvalue weighted by atomic mass is 19.4. The molecule has 0 spiro atoms. The summed E-state index contributed by atoms with van der Waals surface area (Å²) in [5.41, 5.74) is 0. The van der Waals surface area contributed by atoms with E-state index in [1.54, 1.807) is 0 Å². The third-order valence-corrected chi connectivity index (χ3v) is 5.68. The molecule has 2 aliphatic carbocycles. The van der Waals surface area contributed by atoms with E-state index in [0.29, 0.717) is 6.04 Å². The molecule has 1 saturated heterocycles. The molecular weight excluding hydrogens is 405 g/mol. The van der Waals surface area contributed by atoms with Crippen LogP contribution in [0.25, 0.3) is 0 Å². The fourth-order valence-electron chi connectivity index (χ4n) is 3.92. The first-order valence-corrected chi connectivity index (χ1v) is 10.1. The maximum absolute atomic E-state index is 12.4. The summed E-state index contributed by atoms with van der Waals surface area (Å²) < 4.78 is 43.4. The maximum atomic E-state index is 12.4. The van der Waals surface area contributed by atoms with Crippen molar-refractivity contribution in [1.82, 2.24) is 10.2 Å². The number of morpholine rings is 1. The molecule has 1 aromatic heterocycles. The van der Waals surface area contributed by atoms with Crippen LogP contribution in [0.1, 0.15) is 37.2 Å². The van der Waals surface area contributed by atoms with Crippen LogP contribution in [0, 0.1) is 18.8 Å². The lowest BCUT2D eigenvalue weighted by molar-refractivity contribution is -0.192. The van der Waals surface area contributed by atoms with Gasteiger partial charge >= 0.3 is 12.1 Å². The third kappa shape index (κ3) is 6.21. The molecule has 2 heterocycles. The van der Waals surface area contributed by atoms with Crippen LogP contribution in [-0.2, 0) is 20.9 Å². The number of alkyl halides is 3. The smallest absolute Gasteiger partial charge is 0.475 e. The van der Waals surface area contributed by atoms with Gasteiger partial charge in [0.2, 0.25) is 5.91 Å². The topological polar surface area (TPSA) is 92.0 Å². The summed E-state index contributed by atoms with van der Waals surface area (Å²) >= 11 is 0. The highest BCUT2D eigenvalue weighted by molar-refractivity contribution is 5.79. The number of aliphatic carboxylic acids is 1. The minimum Gasteiger partial charge on any atom is -0.475 e. The van der Waals surface area contributed by atoms with Gasteiger partial charge in [-0.2, -0.15) is 13.2 Å². The number of aryl methyl sites for hydroxylation is 1. The lowest BCUT2D eigenvalue weighted by Crippen LogP contribution is -2.47. The van der Waals surface area contributed by atoms with Gasteiger partial charge in [-0.3, -0.25) is 9.69 Å². The van der Waals surface area contributed by atoms with Crippen LogP contribution < -0.4 is 5.32 Å². The Bertz CT molecular complexity index is 747. The fraction of sp³-hybridized carbons (Fsp3) is 0.700. The van der Waals surface area contributed by atoms with Gasteiger partial charge in [0.25, 0.3) is 0 Å². The summed E-state index contributed by atoms with van der Waals surface area (Å²) in [6.07, 6.45) is -0.586. The first-order chi connectivity index (χ1) is 14.1. The van der Waals surface area contributed by atoms with E-state index in [1.165, 1.54) is 12.8 Å². The van der Waals surface area contributed by atoms with Gasteiger partial charge in [0.05, 0.1) is 19.3 Å². The Kier molecular flexibility index (Phi) is 7.07. The van der Waals surface area contributed by atoms with Gasteiger partial charge in [-0.15, -0.1) is 0 Å². The number of carbonyl (C=O) groups is 2. The molecule has 3 atom stereocenters. The normalized spacial score (nSPS) is 26.5. The summed E-state index contributed by atoms with van der Waals surface area (Å²) in [6.45, 7) is 5.31. The molecule has 1 aliphatic heterocycles. The number of carboxylic acids is 1. The van der Waals surface area contributed by atoms with Crippen LogP contribution >= 0.6 is 0 Å². The number of carboxylic acid groups (broad SMARTS) is 1. The van der Waals surface area contributed by atoms with Crippen molar-refractivity contribution in [3.8, 4) is 0 Å². The van der Waals surface area contributed by atoms with E-state index in [9.17, 15) is 18.0 Å². The van der Waals surface area contributed by atoms with Gasteiger partial charge in [-0.05, 0) is 50.7 Å². The van der Waals surface area contributed by atoms with Crippen LogP contribution in [-0.4, -0.2) is 59.9 Å². The van der Waals surface area contributed by atoms with Gasteiger partial charge in [0.15, 0.2) is 0 Å². The van der Waals surface area contributed by atoms with Crippen molar-refractivity contribution in [1.29, 1.82) is 0 Å². The van der Waals surface area contributed by atoms with Crippen molar-refractivity contribution in [2.75, 3.05) is 19.7 Å². The number of fused-ring (bicyclic) bond motifs is 1. The van der Waals surface area contributed by atoms with E-state index >= 15 is 0 Å². The first-order valence-electron chi connectivity index (χ1n) is 10.1. The summed E-state index contributed by atoms with van der Waals surface area (Å²) in [7, 11) is 0. The summed E-state index contributed by atoms with van der Waals surface area (Å²) in [6, 6.07) is 4.40.